The van der Waals surface area contributed by atoms with Gasteiger partial charge in [0.1, 0.15) is 12.6 Å². The summed E-state index contributed by atoms with van der Waals surface area (Å²) >= 11 is 0. The molecule has 154 valence electrons. The number of hydrogen-bond acceptors (Lipinski definition) is 5. The molecule has 0 radical (unpaired) electrons. The molecule has 1 N–H and O–H groups in total. The second-order valence-corrected chi connectivity index (χ2v) is 7.66. The first-order valence-corrected chi connectivity index (χ1v) is 9.88. The molecule has 2 aliphatic rings. The summed E-state index contributed by atoms with van der Waals surface area (Å²) in [5.74, 6) is -0.0529. The molecule has 1 aliphatic heterocycles. The SMILES string of the molecule is COCCOCC(=O)N1[C@@H]2CC[C@H](C2)[C@H]1C(=O)N(C)C[C@H](O)c1ccccc1. The number of ether oxygens (including phenoxy) is 2. The Morgan fingerprint density at radius 1 is 1.25 bits per heavy atom. The van der Waals surface area contributed by atoms with Gasteiger partial charge in [0.05, 0.1) is 25.9 Å². The fourth-order valence-corrected chi connectivity index (χ4v) is 4.40. The van der Waals surface area contributed by atoms with E-state index in [-0.39, 0.29) is 36.9 Å². The van der Waals surface area contributed by atoms with E-state index in [4.69, 9.17) is 9.47 Å². The van der Waals surface area contributed by atoms with Crippen molar-refractivity contribution in [1.29, 1.82) is 0 Å². The number of amides is 2. The Hall–Kier alpha value is -1.96. The summed E-state index contributed by atoms with van der Waals surface area (Å²) in [7, 11) is 3.28. The lowest BCUT2D eigenvalue weighted by molar-refractivity contribution is -0.151. The fourth-order valence-electron chi connectivity index (χ4n) is 4.40. The van der Waals surface area contributed by atoms with Crippen molar-refractivity contribution in [2.24, 2.45) is 5.92 Å². The molecular weight excluding hydrogens is 360 g/mol. The van der Waals surface area contributed by atoms with Crippen LogP contribution in [0.3, 0.4) is 0 Å². The van der Waals surface area contributed by atoms with Crippen LogP contribution < -0.4 is 0 Å². The summed E-state index contributed by atoms with van der Waals surface area (Å²) < 4.78 is 10.3. The number of methoxy groups -OCH3 is 1. The summed E-state index contributed by atoms with van der Waals surface area (Å²) in [4.78, 5) is 29.2. The number of aliphatic hydroxyl groups excluding tert-OH is 1. The summed E-state index contributed by atoms with van der Waals surface area (Å²) in [5, 5.41) is 10.4. The Balaban J connectivity index is 1.62. The molecule has 2 fully saturated rings. The van der Waals surface area contributed by atoms with E-state index in [0.29, 0.717) is 13.2 Å². The zero-order valence-electron chi connectivity index (χ0n) is 16.6. The van der Waals surface area contributed by atoms with E-state index >= 15 is 0 Å². The number of carbonyl (C=O) groups excluding carboxylic acids is 2. The van der Waals surface area contributed by atoms with Crippen LogP contribution in [-0.2, 0) is 19.1 Å². The monoisotopic (exact) mass is 390 g/mol. The maximum Gasteiger partial charge on any atom is 0.249 e. The van der Waals surface area contributed by atoms with E-state index < -0.39 is 12.1 Å². The second kappa shape index (κ2) is 9.49. The van der Waals surface area contributed by atoms with Gasteiger partial charge in [0, 0.05) is 20.2 Å². The molecule has 1 saturated heterocycles. The van der Waals surface area contributed by atoms with Gasteiger partial charge in [0.15, 0.2) is 0 Å². The van der Waals surface area contributed by atoms with Crippen molar-refractivity contribution in [2.75, 3.05) is 40.5 Å². The van der Waals surface area contributed by atoms with E-state index in [9.17, 15) is 14.7 Å². The highest BCUT2D eigenvalue weighted by Gasteiger charge is 2.51. The minimum atomic E-state index is -0.754. The minimum Gasteiger partial charge on any atom is -0.387 e. The summed E-state index contributed by atoms with van der Waals surface area (Å²) in [6.45, 7) is 0.948. The number of likely N-dealkylation sites (tertiary alicyclic amines) is 1. The van der Waals surface area contributed by atoms with Crippen LogP contribution >= 0.6 is 0 Å². The zero-order chi connectivity index (χ0) is 20.1. The van der Waals surface area contributed by atoms with Gasteiger partial charge in [-0.15, -0.1) is 0 Å². The molecule has 7 nitrogen and oxygen atoms in total. The van der Waals surface area contributed by atoms with E-state index in [2.05, 4.69) is 0 Å². The first kappa shape index (κ1) is 20.8. The van der Waals surface area contributed by atoms with Gasteiger partial charge < -0.3 is 24.4 Å². The van der Waals surface area contributed by atoms with Gasteiger partial charge >= 0.3 is 0 Å². The van der Waals surface area contributed by atoms with Gasteiger partial charge in [-0.2, -0.15) is 0 Å². The fraction of sp³-hybridized carbons (Fsp3) is 0.619. The van der Waals surface area contributed by atoms with E-state index in [1.165, 1.54) is 0 Å². The third kappa shape index (κ3) is 4.54. The molecule has 1 aromatic rings. The van der Waals surface area contributed by atoms with Crippen molar-refractivity contribution >= 4 is 11.8 Å². The van der Waals surface area contributed by atoms with E-state index in [1.54, 1.807) is 24.0 Å². The largest absolute Gasteiger partial charge is 0.387 e. The van der Waals surface area contributed by atoms with Crippen molar-refractivity contribution in [2.45, 2.75) is 37.5 Å². The minimum absolute atomic E-state index is 0.0350. The van der Waals surface area contributed by atoms with Crippen LogP contribution in [0.15, 0.2) is 30.3 Å². The molecule has 1 aliphatic carbocycles. The maximum atomic E-state index is 13.2. The molecule has 0 unspecified atom stereocenters. The number of carbonyl (C=O) groups is 2. The standard InChI is InChI=1S/C21H30N2O5/c1-22(13-18(24)15-6-4-3-5-7-15)21(26)20-16-8-9-17(12-16)23(20)19(25)14-28-11-10-27-2/h3-7,16-18,20,24H,8-14H2,1-2H3/t16-,17-,18+,20+/m1/s1. The van der Waals surface area contributed by atoms with Gasteiger partial charge in [-0.3, -0.25) is 9.59 Å². The molecule has 3 rings (SSSR count). The number of aliphatic hydroxyl groups is 1. The van der Waals surface area contributed by atoms with E-state index in [1.807, 2.05) is 30.3 Å². The predicted molar refractivity (Wildman–Crippen MR) is 103 cm³/mol. The highest BCUT2D eigenvalue weighted by Crippen LogP contribution is 2.43. The third-order valence-corrected chi connectivity index (χ3v) is 5.79. The number of rotatable bonds is 9. The molecule has 2 amide bonds. The average molecular weight is 390 g/mol. The summed E-state index contributed by atoms with van der Waals surface area (Å²) in [5.41, 5.74) is 0.773. The van der Waals surface area contributed by atoms with Gasteiger partial charge in [-0.1, -0.05) is 30.3 Å². The van der Waals surface area contributed by atoms with Gasteiger partial charge in [-0.25, -0.2) is 0 Å². The van der Waals surface area contributed by atoms with Gasteiger partial charge in [0.2, 0.25) is 11.8 Å². The van der Waals surface area contributed by atoms with Crippen LogP contribution in [0.5, 0.6) is 0 Å². The zero-order valence-corrected chi connectivity index (χ0v) is 16.6. The lowest BCUT2D eigenvalue weighted by Gasteiger charge is -2.36. The number of fused-ring (bicyclic) bond motifs is 2. The highest BCUT2D eigenvalue weighted by molar-refractivity contribution is 5.89. The average Bonchev–Trinajstić information content (AvgIpc) is 3.32. The summed E-state index contributed by atoms with van der Waals surface area (Å²) in [6.07, 6.45) is 2.02. The Morgan fingerprint density at radius 2 is 2.00 bits per heavy atom. The van der Waals surface area contributed by atoms with Crippen molar-refractivity contribution in [3.8, 4) is 0 Å². The Labute approximate surface area is 166 Å². The molecular formula is C21H30N2O5. The molecule has 1 saturated carbocycles. The second-order valence-electron chi connectivity index (χ2n) is 7.66. The van der Waals surface area contributed by atoms with Gasteiger partial charge in [0.25, 0.3) is 0 Å². The van der Waals surface area contributed by atoms with Crippen LogP contribution in [0.2, 0.25) is 0 Å². The quantitative estimate of drug-likeness (QED) is 0.642. The first-order valence-electron chi connectivity index (χ1n) is 9.88. The van der Waals surface area contributed by atoms with Crippen LogP contribution in [0.1, 0.15) is 30.9 Å². The van der Waals surface area contributed by atoms with Crippen molar-refractivity contribution < 1.29 is 24.2 Å². The Kier molecular flexibility index (Phi) is 7.04. The normalized spacial score (nSPS) is 24.4. The lowest BCUT2D eigenvalue weighted by atomic mass is 9.97. The Bertz CT molecular complexity index is 668. The van der Waals surface area contributed by atoms with Crippen molar-refractivity contribution in [1.82, 2.24) is 9.80 Å². The number of nitrogens with zero attached hydrogens (tertiary/aromatic N) is 2. The lowest BCUT2D eigenvalue weighted by Crippen LogP contribution is -2.54. The van der Waals surface area contributed by atoms with Crippen LogP contribution in [0.4, 0.5) is 0 Å². The molecule has 1 heterocycles. The number of benzene rings is 1. The Morgan fingerprint density at radius 3 is 2.71 bits per heavy atom. The van der Waals surface area contributed by atoms with E-state index in [0.717, 1.165) is 24.8 Å². The predicted octanol–water partition coefficient (Wildman–Crippen LogP) is 1.22. The molecule has 28 heavy (non-hydrogen) atoms. The first-order chi connectivity index (χ1) is 13.5. The van der Waals surface area contributed by atoms with Gasteiger partial charge in [-0.05, 0) is 30.7 Å². The summed E-state index contributed by atoms with van der Waals surface area (Å²) in [6, 6.07) is 8.95. The number of piperidine rings is 1. The molecule has 4 atom stereocenters. The molecule has 1 aromatic carbocycles. The molecule has 2 bridgehead atoms. The molecule has 7 heteroatoms. The number of hydrogen-bond donors (Lipinski definition) is 1. The van der Waals surface area contributed by atoms with Crippen molar-refractivity contribution in [3.63, 3.8) is 0 Å². The smallest absolute Gasteiger partial charge is 0.249 e. The van der Waals surface area contributed by atoms with Crippen LogP contribution in [-0.4, -0.2) is 79.3 Å². The number of likely N-dealkylation sites (N-methyl/N-ethyl adjacent to an activating group) is 1. The maximum absolute atomic E-state index is 13.2. The van der Waals surface area contributed by atoms with Crippen LogP contribution in [0, 0.1) is 5.92 Å². The highest BCUT2D eigenvalue weighted by atomic mass is 16.5. The van der Waals surface area contributed by atoms with Crippen LogP contribution in [0.25, 0.3) is 0 Å². The molecule has 0 spiro atoms. The topological polar surface area (TPSA) is 79.3 Å². The molecule has 0 aromatic heterocycles. The third-order valence-electron chi connectivity index (χ3n) is 5.79. The van der Waals surface area contributed by atoms with Crippen molar-refractivity contribution in [3.05, 3.63) is 35.9 Å².